The zero-order valence-electron chi connectivity index (χ0n) is 21.0. The van der Waals surface area contributed by atoms with Crippen LogP contribution in [-0.2, 0) is 28.9 Å². The van der Waals surface area contributed by atoms with Crippen LogP contribution in [0.2, 0.25) is 0 Å². The topological polar surface area (TPSA) is 106 Å². The van der Waals surface area contributed by atoms with Crippen molar-refractivity contribution in [3.05, 3.63) is 31.8 Å². The summed E-state index contributed by atoms with van der Waals surface area (Å²) in [5.41, 5.74) is 3.22. The summed E-state index contributed by atoms with van der Waals surface area (Å²) < 4.78 is 6.94. The number of thiophene rings is 2. The molecular formula is C24H29N5O4S3. The Morgan fingerprint density at radius 2 is 1.97 bits per heavy atom. The summed E-state index contributed by atoms with van der Waals surface area (Å²) >= 11 is 4.16. The van der Waals surface area contributed by atoms with Crippen LogP contribution in [0.25, 0.3) is 11.4 Å². The number of aryl methyl sites for hydroxylation is 1. The van der Waals surface area contributed by atoms with E-state index in [1.54, 1.807) is 32.4 Å². The second-order valence-corrected chi connectivity index (χ2v) is 11.5. The Kier molecular flexibility index (Phi) is 8.16. The van der Waals surface area contributed by atoms with Gasteiger partial charge in [0.05, 0.1) is 23.3 Å². The van der Waals surface area contributed by atoms with Crippen molar-refractivity contribution in [3.63, 3.8) is 0 Å². The summed E-state index contributed by atoms with van der Waals surface area (Å²) in [6.45, 7) is 4.40. The number of ether oxygens (including phenoxy) is 1. The second kappa shape index (κ2) is 11.1. The Morgan fingerprint density at radius 3 is 2.67 bits per heavy atom. The Morgan fingerprint density at radius 1 is 1.22 bits per heavy atom. The molecule has 0 radical (unpaired) electrons. The number of hydrogen-bond acceptors (Lipinski definition) is 9. The average molecular weight is 548 g/mol. The lowest BCUT2D eigenvalue weighted by atomic mass is 9.96. The minimum absolute atomic E-state index is 0.0778. The number of aromatic nitrogens is 3. The highest BCUT2D eigenvalue weighted by Crippen LogP contribution is 2.37. The molecule has 3 heterocycles. The zero-order valence-corrected chi connectivity index (χ0v) is 23.4. The first-order valence-corrected chi connectivity index (χ1v) is 14.3. The lowest BCUT2D eigenvalue weighted by Gasteiger charge is -2.13. The third kappa shape index (κ3) is 5.07. The van der Waals surface area contributed by atoms with E-state index in [9.17, 15) is 14.4 Å². The van der Waals surface area contributed by atoms with Crippen molar-refractivity contribution < 1.29 is 19.1 Å². The van der Waals surface area contributed by atoms with Gasteiger partial charge in [-0.2, -0.15) is 0 Å². The van der Waals surface area contributed by atoms with Crippen molar-refractivity contribution in [2.45, 2.75) is 51.2 Å². The van der Waals surface area contributed by atoms with E-state index in [4.69, 9.17) is 4.74 Å². The number of methoxy groups -OCH3 is 1. The molecule has 2 amide bonds. The summed E-state index contributed by atoms with van der Waals surface area (Å²) in [5, 5.41) is 14.8. The van der Waals surface area contributed by atoms with Gasteiger partial charge in [0.2, 0.25) is 5.91 Å². The van der Waals surface area contributed by atoms with Crippen LogP contribution in [0.4, 0.5) is 5.00 Å². The molecule has 4 rings (SSSR count). The minimum Gasteiger partial charge on any atom is -0.465 e. The molecule has 12 heteroatoms. The number of anilines is 1. The maximum atomic E-state index is 12.9. The standard InChI is InChI=1S/C24H29N5O4S3/c1-6-29-20(15-11-34-16-10-8-7-9-14(15)16)26-27-24(29)35-12-17(30)25-21-18(23(32)33-5)13(2)19(36-21)22(31)28(3)4/h11H,6-10,12H2,1-5H3,(H,25,30). The number of nitrogens with one attached hydrogen (secondary N) is 1. The van der Waals surface area contributed by atoms with Gasteiger partial charge in [0.25, 0.3) is 5.91 Å². The van der Waals surface area contributed by atoms with Crippen LogP contribution < -0.4 is 5.32 Å². The predicted molar refractivity (Wildman–Crippen MR) is 143 cm³/mol. The first-order chi connectivity index (χ1) is 17.3. The molecule has 1 N–H and O–H groups in total. The molecule has 0 spiro atoms. The molecule has 3 aromatic heterocycles. The molecule has 3 aromatic rings. The third-order valence-corrected chi connectivity index (χ3v) is 9.31. The fraction of sp³-hybridized carbons (Fsp3) is 0.458. The van der Waals surface area contributed by atoms with Crippen LogP contribution >= 0.6 is 34.4 Å². The Bertz CT molecular complexity index is 1310. The molecule has 9 nitrogen and oxygen atoms in total. The molecular weight excluding hydrogens is 518 g/mol. The van der Waals surface area contributed by atoms with Crippen molar-refractivity contribution in [3.8, 4) is 11.4 Å². The number of thioether (sulfide) groups is 1. The van der Waals surface area contributed by atoms with E-state index in [0.29, 0.717) is 27.1 Å². The van der Waals surface area contributed by atoms with Crippen LogP contribution in [0.1, 0.15) is 55.8 Å². The molecule has 0 bridgehead atoms. The molecule has 1 aliphatic rings. The maximum Gasteiger partial charge on any atom is 0.341 e. The van der Waals surface area contributed by atoms with Crippen molar-refractivity contribution in [1.82, 2.24) is 19.7 Å². The highest BCUT2D eigenvalue weighted by atomic mass is 32.2. The van der Waals surface area contributed by atoms with E-state index in [0.717, 1.165) is 35.6 Å². The highest BCUT2D eigenvalue weighted by molar-refractivity contribution is 7.99. The van der Waals surface area contributed by atoms with Crippen molar-refractivity contribution in [2.75, 3.05) is 32.3 Å². The van der Waals surface area contributed by atoms with E-state index < -0.39 is 5.97 Å². The van der Waals surface area contributed by atoms with Gasteiger partial charge in [0.15, 0.2) is 11.0 Å². The second-order valence-electron chi connectivity index (χ2n) is 8.60. The quantitative estimate of drug-likeness (QED) is 0.327. The maximum absolute atomic E-state index is 12.9. The largest absolute Gasteiger partial charge is 0.465 e. The van der Waals surface area contributed by atoms with Crippen LogP contribution in [-0.4, -0.2) is 64.4 Å². The number of carbonyl (C=O) groups excluding carboxylic acids is 3. The van der Waals surface area contributed by atoms with Gasteiger partial charge in [-0.05, 0) is 50.7 Å². The monoisotopic (exact) mass is 547 g/mol. The lowest BCUT2D eigenvalue weighted by Crippen LogP contribution is -2.21. The normalized spacial score (nSPS) is 12.8. The Hall–Kier alpha value is -2.70. The van der Waals surface area contributed by atoms with Crippen LogP contribution in [0.15, 0.2) is 10.5 Å². The van der Waals surface area contributed by atoms with Crippen molar-refractivity contribution in [2.24, 2.45) is 0 Å². The van der Waals surface area contributed by atoms with Crippen molar-refractivity contribution in [1.29, 1.82) is 0 Å². The minimum atomic E-state index is -0.598. The fourth-order valence-corrected chi connectivity index (χ4v) is 7.37. The van der Waals surface area contributed by atoms with E-state index in [1.165, 1.54) is 47.1 Å². The molecule has 1 aliphatic carbocycles. The molecule has 0 aromatic carbocycles. The van der Waals surface area contributed by atoms with Gasteiger partial charge in [-0.1, -0.05) is 11.8 Å². The van der Waals surface area contributed by atoms with Crippen molar-refractivity contribution >= 4 is 57.2 Å². The van der Waals surface area contributed by atoms with Gasteiger partial charge in [-0.25, -0.2) is 4.79 Å². The van der Waals surface area contributed by atoms with E-state index in [-0.39, 0.29) is 23.1 Å². The summed E-state index contributed by atoms with van der Waals surface area (Å²) in [6.07, 6.45) is 4.61. The summed E-state index contributed by atoms with van der Waals surface area (Å²) in [6, 6.07) is 0. The van der Waals surface area contributed by atoms with Gasteiger partial charge in [0, 0.05) is 36.5 Å². The first kappa shape index (κ1) is 26.4. The Labute approximate surface area is 222 Å². The molecule has 0 atom stereocenters. The molecule has 0 unspecified atom stereocenters. The predicted octanol–water partition coefficient (Wildman–Crippen LogP) is 4.49. The number of esters is 1. The molecule has 36 heavy (non-hydrogen) atoms. The number of nitrogens with zero attached hydrogens (tertiary/aromatic N) is 4. The lowest BCUT2D eigenvalue weighted by molar-refractivity contribution is -0.113. The number of hydrogen-bond donors (Lipinski definition) is 1. The summed E-state index contributed by atoms with van der Waals surface area (Å²) in [7, 11) is 4.55. The van der Waals surface area contributed by atoms with Crippen LogP contribution in [0, 0.1) is 6.92 Å². The number of carbonyl (C=O) groups is 3. The fourth-order valence-electron chi connectivity index (χ4n) is 4.21. The molecule has 0 fully saturated rings. The average Bonchev–Trinajstić information content (AvgIpc) is 3.56. The number of amides is 2. The van der Waals surface area contributed by atoms with Crippen LogP contribution in [0.3, 0.4) is 0 Å². The molecule has 0 aliphatic heterocycles. The van der Waals surface area contributed by atoms with Gasteiger partial charge in [0.1, 0.15) is 5.00 Å². The molecule has 192 valence electrons. The highest BCUT2D eigenvalue weighted by Gasteiger charge is 2.27. The van der Waals surface area contributed by atoms with Gasteiger partial charge >= 0.3 is 5.97 Å². The summed E-state index contributed by atoms with van der Waals surface area (Å²) in [4.78, 5) is 41.1. The number of rotatable bonds is 8. The van der Waals surface area contributed by atoms with Gasteiger partial charge < -0.3 is 19.5 Å². The molecule has 0 saturated carbocycles. The van der Waals surface area contributed by atoms with E-state index in [1.807, 2.05) is 11.5 Å². The third-order valence-electron chi connectivity index (χ3n) is 6.06. The molecule has 0 saturated heterocycles. The summed E-state index contributed by atoms with van der Waals surface area (Å²) in [5.74, 6) is -0.228. The zero-order chi connectivity index (χ0) is 26.0. The SMILES string of the molecule is CCn1c(SCC(=O)Nc2sc(C(=O)N(C)C)c(C)c2C(=O)OC)nnc1-c1csc2c1CCCC2. The van der Waals surface area contributed by atoms with Gasteiger partial charge in [-0.15, -0.1) is 32.9 Å². The van der Waals surface area contributed by atoms with E-state index >= 15 is 0 Å². The smallest absolute Gasteiger partial charge is 0.341 e. The first-order valence-electron chi connectivity index (χ1n) is 11.7. The number of fused-ring (bicyclic) bond motifs is 1. The Balaban J connectivity index is 1.51. The van der Waals surface area contributed by atoms with E-state index in [2.05, 4.69) is 20.9 Å². The van der Waals surface area contributed by atoms with Crippen LogP contribution in [0.5, 0.6) is 0 Å². The van der Waals surface area contributed by atoms with Gasteiger partial charge in [-0.3, -0.25) is 9.59 Å².